The van der Waals surface area contributed by atoms with E-state index in [0.717, 1.165) is 0 Å². The molecule has 0 amide bonds. The van der Waals surface area contributed by atoms with Crippen molar-refractivity contribution in [1.82, 2.24) is 0 Å². The Morgan fingerprint density at radius 3 is 1.14 bits per heavy atom. The van der Waals surface area contributed by atoms with Gasteiger partial charge in [0.25, 0.3) is 0 Å². The van der Waals surface area contributed by atoms with Crippen molar-refractivity contribution < 1.29 is 10.2 Å². The van der Waals surface area contributed by atoms with Crippen molar-refractivity contribution in [2.24, 2.45) is 10.8 Å². The maximum atomic E-state index is 9.45. The summed E-state index contributed by atoms with van der Waals surface area (Å²) < 4.78 is 0. The lowest BCUT2D eigenvalue weighted by atomic mass is 9.83. The van der Waals surface area contributed by atoms with Crippen LogP contribution in [0.3, 0.4) is 0 Å². The van der Waals surface area contributed by atoms with Crippen LogP contribution in [0.15, 0.2) is 0 Å². The first-order valence-electron chi connectivity index (χ1n) is 5.00. The molecule has 0 unspecified atom stereocenters. The first kappa shape index (κ1) is 13.5. The van der Waals surface area contributed by atoms with Crippen LogP contribution in [0.4, 0.5) is 0 Å². The largest absolute Gasteiger partial charge is 0.392 e. The Labute approximate surface area is 87.3 Å². The van der Waals surface area contributed by atoms with Gasteiger partial charge in [0.1, 0.15) is 0 Å². The molecule has 0 aliphatic rings. The smallest absolute Gasteiger partial charge is 0.0672 e. The monoisotopic (exact) mass is 198 g/mol. The Hall–Kier alpha value is -0.520. The van der Waals surface area contributed by atoms with Crippen molar-refractivity contribution in [2.45, 2.75) is 53.8 Å². The summed E-state index contributed by atoms with van der Waals surface area (Å²) in [5.41, 5.74) is -0.849. The highest BCUT2D eigenvalue weighted by Crippen LogP contribution is 2.23. The van der Waals surface area contributed by atoms with Gasteiger partial charge in [-0.1, -0.05) is 11.8 Å². The van der Waals surface area contributed by atoms with Crippen LogP contribution in [0, 0.1) is 22.7 Å². The normalized spacial score (nSPS) is 16.9. The van der Waals surface area contributed by atoms with E-state index in [9.17, 15) is 10.2 Å². The van der Waals surface area contributed by atoms with Crippen LogP contribution in [0.1, 0.15) is 41.5 Å². The molecule has 2 nitrogen and oxygen atoms in total. The number of aliphatic hydroxyl groups is 2. The van der Waals surface area contributed by atoms with Gasteiger partial charge in [-0.25, -0.2) is 0 Å². The van der Waals surface area contributed by atoms with Crippen LogP contribution in [-0.4, -0.2) is 22.4 Å². The second-order valence-electron chi connectivity index (χ2n) is 5.05. The number of rotatable bonds is 2. The molecule has 82 valence electrons. The van der Waals surface area contributed by atoms with Gasteiger partial charge in [0.2, 0.25) is 0 Å². The molecule has 0 rings (SSSR count). The highest BCUT2D eigenvalue weighted by Gasteiger charge is 2.25. The molecule has 0 aromatic heterocycles. The zero-order chi connectivity index (χ0) is 11.6. The molecule has 2 N–H and O–H groups in total. The molecule has 0 spiro atoms. The molecular weight excluding hydrogens is 176 g/mol. The standard InChI is InChI=1S/C12H22O2/c1-9(13)11(3,4)7-8-12(5,6)10(2)14/h9-10,13-14H,1-6H3/t9-,10-/m1/s1. The van der Waals surface area contributed by atoms with Crippen LogP contribution in [0.25, 0.3) is 0 Å². The van der Waals surface area contributed by atoms with Gasteiger partial charge in [-0.3, -0.25) is 0 Å². The molecule has 2 heteroatoms. The van der Waals surface area contributed by atoms with Gasteiger partial charge < -0.3 is 10.2 Å². The molecule has 0 fully saturated rings. The van der Waals surface area contributed by atoms with Crippen molar-refractivity contribution >= 4 is 0 Å². The fourth-order valence-corrected chi connectivity index (χ4v) is 0.531. The summed E-state index contributed by atoms with van der Waals surface area (Å²) in [4.78, 5) is 0. The van der Waals surface area contributed by atoms with E-state index in [0.29, 0.717) is 0 Å². The lowest BCUT2D eigenvalue weighted by molar-refractivity contribution is 0.0988. The topological polar surface area (TPSA) is 40.5 Å². The summed E-state index contributed by atoms with van der Waals surface area (Å²) in [5, 5.41) is 18.9. The fourth-order valence-electron chi connectivity index (χ4n) is 0.531. The Morgan fingerprint density at radius 2 is 1.00 bits per heavy atom. The summed E-state index contributed by atoms with van der Waals surface area (Å²) in [6.07, 6.45) is -0.945. The van der Waals surface area contributed by atoms with Crippen LogP contribution < -0.4 is 0 Å². The average Bonchev–Trinajstić information content (AvgIpc) is 2.01. The molecule has 0 aliphatic carbocycles. The lowest BCUT2D eigenvalue weighted by Crippen LogP contribution is -2.28. The molecular formula is C12H22O2. The zero-order valence-corrected chi connectivity index (χ0v) is 10.0. The van der Waals surface area contributed by atoms with Crippen molar-refractivity contribution in [3.05, 3.63) is 0 Å². The molecule has 0 saturated carbocycles. The van der Waals surface area contributed by atoms with Gasteiger partial charge in [-0.2, -0.15) is 0 Å². The second-order valence-corrected chi connectivity index (χ2v) is 5.05. The van der Waals surface area contributed by atoms with E-state index in [-0.39, 0.29) is 0 Å². The first-order chi connectivity index (χ1) is 6.09. The zero-order valence-electron chi connectivity index (χ0n) is 10.0. The van der Waals surface area contributed by atoms with E-state index in [1.807, 2.05) is 27.7 Å². The summed E-state index contributed by atoms with van der Waals surface area (Å²) in [5.74, 6) is 6.04. The second kappa shape index (κ2) is 4.33. The third kappa shape index (κ3) is 3.69. The lowest BCUT2D eigenvalue weighted by Gasteiger charge is -2.25. The van der Waals surface area contributed by atoms with Gasteiger partial charge >= 0.3 is 0 Å². The molecule has 0 aromatic rings. The SMILES string of the molecule is C[C@@H](O)C(C)(C)C#CC(C)(C)[C@@H](C)O. The number of hydrogen-bond acceptors (Lipinski definition) is 2. The minimum atomic E-state index is -0.472. The molecule has 0 heterocycles. The van der Waals surface area contributed by atoms with Gasteiger partial charge in [0.15, 0.2) is 0 Å². The van der Waals surface area contributed by atoms with Crippen LogP contribution >= 0.6 is 0 Å². The predicted molar refractivity (Wildman–Crippen MR) is 58.7 cm³/mol. The molecule has 14 heavy (non-hydrogen) atoms. The Balaban J connectivity index is 4.74. The third-order valence-electron chi connectivity index (χ3n) is 2.80. The summed E-state index contributed by atoms with van der Waals surface area (Å²) in [6.45, 7) is 11.0. The van der Waals surface area contributed by atoms with E-state index in [1.54, 1.807) is 13.8 Å². The van der Waals surface area contributed by atoms with Crippen molar-refractivity contribution in [3.8, 4) is 11.8 Å². The molecule has 0 aromatic carbocycles. The average molecular weight is 198 g/mol. The first-order valence-corrected chi connectivity index (χ1v) is 5.00. The third-order valence-corrected chi connectivity index (χ3v) is 2.80. The Morgan fingerprint density at radius 1 is 0.786 bits per heavy atom. The number of hydrogen-bond donors (Lipinski definition) is 2. The molecule has 0 saturated heterocycles. The van der Waals surface area contributed by atoms with E-state index in [2.05, 4.69) is 11.8 Å². The summed E-state index contributed by atoms with van der Waals surface area (Å²) in [7, 11) is 0. The van der Waals surface area contributed by atoms with E-state index < -0.39 is 23.0 Å². The van der Waals surface area contributed by atoms with E-state index in [4.69, 9.17) is 0 Å². The molecule has 0 bridgehead atoms. The predicted octanol–water partition coefficient (Wildman–Crippen LogP) is 1.80. The van der Waals surface area contributed by atoms with Gasteiger partial charge in [0, 0.05) is 0 Å². The van der Waals surface area contributed by atoms with E-state index >= 15 is 0 Å². The number of aliphatic hydroxyl groups excluding tert-OH is 2. The van der Waals surface area contributed by atoms with E-state index in [1.165, 1.54) is 0 Å². The maximum absolute atomic E-state index is 9.45. The summed E-state index contributed by atoms with van der Waals surface area (Å²) >= 11 is 0. The van der Waals surface area contributed by atoms with Gasteiger partial charge in [0.05, 0.1) is 23.0 Å². The van der Waals surface area contributed by atoms with Gasteiger partial charge in [-0.05, 0) is 41.5 Å². The van der Waals surface area contributed by atoms with Crippen LogP contribution in [0.5, 0.6) is 0 Å². The molecule has 2 atom stereocenters. The maximum Gasteiger partial charge on any atom is 0.0672 e. The van der Waals surface area contributed by atoms with Crippen molar-refractivity contribution in [1.29, 1.82) is 0 Å². The Bertz CT molecular complexity index is 215. The molecule has 0 aliphatic heterocycles. The minimum absolute atomic E-state index is 0.424. The van der Waals surface area contributed by atoms with Crippen molar-refractivity contribution in [3.63, 3.8) is 0 Å². The molecule has 0 radical (unpaired) electrons. The quantitative estimate of drug-likeness (QED) is 0.664. The van der Waals surface area contributed by atoms with Crippen LogP contribution in [-0.2, 0) is 0 Å². The van der Waals surface area contributed by atoms with Crippen LogP contribution in [0.2, 0.25) is 0 Å². The fraction of sp³-hybridized carbons (Fsp3) is 0.833. The van der Waals surface area contributed by atoms with Gasteiger partial charge in [-0.15, -0.1) is 0 Å². The van der Waals surface area contributed by atoms with Crippen molar-refractivity contribution in [2.75, 3.05) is 0 Å². The Kier molecular flexibility index (Phi) is 4.17. The highest BCUT2D eigenvalue weighted by atomic mass is 16.3. The summed E-state index contributed by atoms with van der Waals surface area (Å²) in [6, 6.07) is 0. The minimum Gasteiger partial charge on any atom is -0.392 e. The highest BCUT2D eigenvalue weighted by molar-refractivity contribution is 5.17.